The summed E-state index contributed by atoms with van der Waals surface area (Å²) in [7, 11) is 0. The van der Waals surface area contributed by atoms with Crippen molar-refractivity contribution in [1.82, 2.24) is 0 Å². The summed E-state index contributed by atoms with van der Waals surface area (Å²) in [4.78, 5) is 11.1. The molecule has 0 radical (unpaired) electrons. The zero-order valence-electron chi connectivity index (χ0n) is 10.9. The minimum absolute atomic E-state index is 0.444. The Kier molecular flexibility index (Phi) is 4.76. The summed E-state index contributed by atoms with van der Waals surface area (Å²) in [6.45, 7) is 1.25. The number of rotatable bonds is 5. The molecule has 1 amide bonds. The molecule has 0 fully saturated rings. The molecule has 0 aliphatic heterocycles. The summed E-state index contributed by atoms with van der Waals surface area (Å²) in [6.07, 6.45) is 0. The first-order chi connectivity index (χ1) is 9.60. The Balaban J connectivity index is 2.03. The van der Waals surface area contributed by atoms with Crippen LogP contribution in [-0.4, -0.2) is 5.91 Å². The average molecular weight is 334 g/mol. The predicted molar refractivity (Wildman–Crippen MR) is 84.3 cm³/mol. The van der Waals surface area contributed by atoms with Crippen LogP contribution < -0.4 is 16.8 Å². The number of nitrogens with one attached hydrogen (secondary N) is 1. The van der Waals surface area contributed by atoms with Gasteiger partial charge in [-0.15, -0.1) is 0 Å². The van der Waals surface area contributed by atoms with E-state index in [2.05, 4.69) is 21.2 Å². The van der Waals surface area contributed by atoms with Gasteiger partial charge in [0.25, 0.3) is 0 Å². The molecule has 0 atom stereocenters. The number of carbonyl (C=O) groups excluding carboxylic acids is 1. The molecule has 0 bridgehead atoms. The van der Waals surface area contributed by atoms with Crippen LogP contribution in [0, 0.1) is 0 Å². The highest BCUT2D eigenvalue weighted by atomic mass is 79.9. The Hall–Kier alpha value is -1.85. The molecule has 104 valence electrons. The van der Waals surface area contributed by atoms with Crippen molar-refractivity contribution in [1.29, 1.82) is 0 Å². The van der Waals surface area contributed by atoms with Crippen molar-refractivity contribution >= 4 is 27.5 Å². The lowest BCUT2D eigenvalue weighted by Gasteiger charge is -2.09. The molecule has 2 rings (SSSR count). The number of benzene rings is 2. The highest BCUT2D eigenvalue weighted by Gasteiger charge is 2.06. The van der Waals surface area contributed by atoms with E-state index in [1.807, 2.05) is 36.4 Å². The van der Waals surface area contributed by atoms with Crippen molar-refractivity contribution in [3.8, 4) is 0 Å². The average Bonchev–Trinajstić information content (AvgIpc) is 2.45. The molecule has 0 aliphatic rings. The number of hydrogen-bond donors (Lipinski definition) is 3. The van der Waals surface area contributed by atoms with Gasteiger partial charge in [0, 0.05) is 23.2 Å². The van der Waals surface area contributed by atoms with Crippen LogP contribution in [-0.2, 0) is 13.1 Å². The van der Waals surface area contributed by atoms with Crippen LogP contribution in [0.3, 0.4) is 0 Å². The van der Waals surface area contributed by atoms with Crippen LogP contribution >= 0.6 is 15.9 Å². The van der Waals surface area contributed by atoms with Crippen molar-refractivity contribution in [2.45, 2.75) is 13.1 Å². The summed E-state index contributed by atoms with van der Waals surface area (Å²) >= 11 is 3.34. The summed E-state index contributed by atoms with van der Waals surface area (Å²) in [5, 5.41) is 3.29. The fourth-order valence-corrected chi connectivity index (χ4v) is 2.40. The second-order valence-corrected chi connectivity index (χ2v) is 5.29. The molecule has 0 saturated carbocycles. The first kappa shape index (κ1) is 14.6. The quantitative estimate of drug-likeness (QED) is 0.786. The summed E-state index contributed by atoms with van der Waals surface area (Å²) in [5.74, 6) is -0.444. The van der Waals surface area contributed by atoms with Gasteiger partial charge in [0.05, 0.1) is 5.56 Å². The normalized spacial score (nSPS) is 10.3. The van der Waals surface area contributed by atoms with Crippen molar-refractivity contribution in [2.75, 3.05) is 5.32 Å². The number of halogens is 1. The highest BCUT2D eigenvalue weighted by molar-refractivity contribution is 9.10. The fourth-order valence-electron chi connectivity index (χ4n) is 1.82. The Morgan fingerprint density at radius 2 is 1.75 bits per heavy atom. The van der Waals surface area contributed by atoms with E-state index in [1.54, 1.807) is 6.07 Å². The third kappa shape index (κ3) is 3.59. The SMILES string of the molecule is NCc1ccc(CNc2ccc(C(N)=O)c(Br)c2)cc1. The highest BCUT2D eigenvalue weighted by Crippen LogP contribution is 2.21. The van der Waals surface area contributed by atoms with Crippen LogP contribution in [0.2, 0.25) is 0 Å². The maximum absolute atomic E-state index is 11.1. The van der Waals surface area contributed by atoms with E-state index < -0.39 is 5.91 Å². The third-order valence-corrected chi connectivity index (χ3v) is 3.65. The van der Waals surface area contributed by atoms with Crippen molar-refractivity contribution < 1.29 is 4.79 Å². The Bertz CT molecular complexity index is 611. The van der Waals surface area contributed by atoms with E-state index in [4.69, 9.17) is 11.5 Å². The lowest BCUT2D eigenvalue weighted by Crippen LogP contribution is -2.11. The number of carbonyl (C=O) groups is 1. The fraction of sp³-hybridized carbons (Fsp3) is 0.133. The number of amides is 1. The molecule has 0 spiro atoms. The van der Waals surface area contributed by atoms with E-state index in [0.29, 0.717) is 23.1 Å². The van der Waals surface area contributed by atoms with Crippen LogP contribution in [0.15, 0.2) is 46.9 Å². The van der Waals surface area contributed by atoms with Crippen LogP contribution in [0.5, 0.6) is 0 Å². The van der Waals surface area contributed by atoms with Gasteiger partial charge in [-0.1, -0.05) is 24.3 Å². The second kappa shape index (κ2) is 6.54. The second-order valence-electron chi connectivity index (χ2n) is 4.43. The third-order valence-electron chi connectivity index (χ3n) is 2.99. The van der Waals surface area contributed by atoms with E-state index in [9.17, 15) is 4.79 Å². The topological polar surface area (TPSA) is 81.1 Å². The summed E-state index contributed by atoms with van der Waals surface area (Å²) in [5.41, 5.74) is 14.5. The molecular weight excluding hydrogens is 318 g/mol. The number of primary amides is 1. The molecule has 2 aromatic rings. The summed E-state index contributed by atoms with van der Waals surface area (Å²) < 4.78 is 0.688. The van der Waals surface area contributed by atoms with Gasteiger partial charge in [-0.05, 0) is 45.3 Å². The molecule has 0 unspecified atom stereocenters. The van der Waals surface area contributed by atoms with Crippen LogP contribution in [0.25, 0.3) is 0 Å². The number of hydrogen-bond acceptors (Lipinski definition) is 3. The first-order valence-electron chi connectivity index (χ1n) is 6.21. The molecule has 4 nitrogen and oxygen atoms in total. The van der Waals surface area contributed by atoms with Gasteiger partial charge < -0.3 is 16.8 Å². The Morgan fingerprint density at radius 1 is 1.10 bits per heavy atom. The van der Waals surface area contributed by atoms with E-state index >= 15 is 0 Å². The molecule has 20 heavy (non-hydrogen) atoms. The maximum atomic E-state index is 11.1. The number of nitrogens with two attached hydrogens (primary N) is 2. The minimum Gasteiger partial charge on any atom is -0.381 e. The molecule has 0 heterocycles. The number of anilines is 1. The lowest BCUT2D eigenvalue weighted by atomic mass is 10.1. The zero-order valence-corrected chi connectivity index (χ0v) is 12.5. The van der Waals surface area contributed by atoms with Crippen molar-refractivity contribution in [3.05, 3.63) is 63.6 Å². The maximum Gasteiger partial charge on any atom is 0.249 e. The standard InChI is InChI=1S/C15H16BrN3O/c16-14-7-12(5-6-13(14)15(18)20)19-9-11-3-1-10(8-17)2-4-11/h1-7,19H,8-9,17H2,(H2,18,20). The van der Waals surface area contributed by atoms with Gasteiger partial charge >= 0.3 is 0 Å². The van der Waals surface area contributed by atoms with Crippen molar-refractivity contribution in [2.24, 2.45) is 11.5 Å². The molecule has 0 aliphatic carbocycles. The summed E-state index contributed by atoms with van der Waals surface area (Å²) in [6, 6.07) is 13.5. The first-order valence-corrected chi connectivity index (χ1v) is 7.00. The van der Waals surface area contributed by atoms with Gasteiger partial charge in [-0.3, -0.25) is 4.79 Å². The van der Waals surface area contributed by atoms with Crippen LogP contribution in [0.4, 0.5) is 5.69 Å². The van der Waals surface area contributed by atoms with Gasteiger partial charge in [0.15, 0.2) is 0 Å². The van der Waals surface area contributed by atoms with Gasteiger partial charge in [-0.25, -0.2) is 0 Å². The minimum atomic E-state index is -0.444. The Labute approximate surface area is 126 Å². The largest absolute Gasteiger partial charge is 0.381 e. The molecule has 2 aromatic carbocycles. The smallest absolute Gasteiger partial charge is 0.249 e. The monoisotopic (exact) mass is 333 g/mol. The lowest BCUT2D eigenvalue weighted by molar-refractivity contribution is 0.0999. The molecule has 5 N–H and O–H groups in total. The van der Waals surface area contributed by atoms with E-state index in [1.165, 1.54) is 0 Å². The van der Waals surface area contributed by atoms with Gasteiger partial charge in [-0.2, -0.15) is 0 Å². The molecule has 0 aromatic heterocycles. The molecule has 0 saturated heterocycles. The molecular formula is C15H16BrN3O. The zero-order chi connectivity index (χ0) is 14.5. The van der Waals surface area contributed by atoms with Gasteiger partial charge in [0.1, 0.15) is 0 Å². The predicted octanol–water partition coefficient (Wildman–Crippen LogP) is 2.62. The van der Waals surface area contributed by atoms with E-state index in [0.717, 1.165) is 16.8 Å². The van der Waals surface area contributed by atoms with E-state index in [-0.39, 0.29) is 0 Å². The molecule has 5 heteroatoms. The van der Waals surface area contributed by atoms with Crippen LogP contribution in [0.1, 0.15) is 21.5 Å². The Morgan fingerprint density at radius 3 is 2.30 bits per heavy atom. The van der Waals surface area contributed by atoms with Crippen molar-refractivity contribution in [3.63, 3.8) is 0 Å². The van der Waals surface area contributed by atoms with Gasteiger partial charge in [0.2, 0.25) is 5.91 Å².